The summed E-state index contributed by atoms with van der Waals surface area (Å²) in [5.74, 6) is -1.43. The van der Waals surface area contributed by atoms with E-state index in [9.17, 15) is 14.4 Å². The highest BCUT2D eigenvalue weighted by Gasteiger charge is 2.50. The fourth-order valence-corrected chi connectivity index (χ4v) is 2.99. The second kappa shape index (κ2) is 8.63. The van der Waals surface area contributed by atoms with E-state index in [1.165, 1.54) is 27.9 Å². The molecule has 126 valence electrons. The Kier molecular flexibility index (Phi) is 7.49. The Labute approximate surface area is 142 Å². The van der Waals surface area contributed by atoms with Crippen LogP contribution in [0.2, 0.25) is 0 Å². The topological polar surface area (TPSA) is 100 Å². The number of rotatable bonds is 5. The first-order chi connectivity index (χ1) is 10.3. The normalized spacial score (nSPS) is 31.2. The first kappa shape index (κ1) is 19.1. The van der Waals surface area contributed by atoms with E-state index in [0.717, 1.165) is 0 Å². The van der Waals surface area contributed by atoms with Crippen molar-refractivity contribution in [2.75, 3.05) is 11.5 Å². The lowest BCUT2D eigenvalue weighted by Gasteiger charge is -2.44. The number of ether oxygens (including phenoxy) is 4. The maximum atomic E-state index is 11.4. The Morgan fingerprint density at radius 3 is 2.05 bits per heavy atom. The molecule has 1 aliphatic rings. The molecule has 1 rings (SSSR count). The van der Waals surface area contributed by atoms with Crippen molar-refractivity contribution in [2.45, 2.75) is 51.4 Å². The van der Waals surface area contributed by atoms with Crippen molar-refractivity contribution < 1.29 is 33.3 Å². The Bertz CT molecular complexity index is 401. The Hall–Kier alpha value is -0.940. The van der Waals surface area contributed by atoms with Crippen LogP contribution in [0.25, 0.3) is 0 Å². The first-order valence-electron chi connectivity index (χ1n) is 6.65. The van der Waals surface area contributed by atoms with Gasteiger partial charge in [-0.05, 0) is 0 Å². The minimum atomic E-state index is -0.899. The molecule has 1 aliphatic heterocycles. The summed E-state index contributed by atoms with van der Waals surface area (Å²) < 4.78 is 22.0. The van der Waals surface area contributed by atoms with E-state index < -0.39 is 42.6 Å². The fraction of sp³-hybridized carbons (Fsp3) is 0.769. The van der Waals surface area contributed by atoms with Crippen molar-refractivity contribution in [3.63, 3.8) is 0 Å². The van der Waals surface area contributed by atoms with Gasteiger partial charge < -0.3 is 24.3 Å². The van der Waals surface area contributed by atoms with Crippen LogP contribution in [-0.2, 0) is 33.3 Å². The van der Waals surface area contributed by atoms with E-state index in [0.29, 0.717) is 4.43 Å². The third-order valence-electron chi connectivity index (χ3n) is 3.00. The van der Waals surface area contributed by atoms with Gasteiger partial charge in [0.1, 0.15) is 12.1 Å². The molecule has 5 atom stereocenters. The number of carbonyl (C=O) groups excluding carboxylic acids is 3. The molecule has 0 aromatic heterocycles. The summed E-state index contributed by atoms with van der Waals surface area (Å²) in [6.07, 6.45) is -3.08. The molecule has 0 unspecified atom stereocenters. The Balaban J connectivity index is 3.14. The number of carbonyl (C=O) groups is 3. The van der Waals surface area contributed by atoms with E-state index in [-0.39, 0.29) is 5.91 Å². The zero-order valence-electron chi connectivity index (χ0n) is 12.8. The van der Waals surface area contributed by atoms with Gasteiger partial charge in [-0.2, -0.15) is 0 Å². The van der Waals surface area contributed by atoms with Gasteiger partial charge in [0, 0.05) is 32.3 Å². The highest BCUT2D eigenvalue weighted by atomic mass is 127. The third-order valence-corrected chi connectivity index (χ3v) is 3.87. The third kappa shape index (κ3) is 5.06. The van der Waals surface area contributed by atoms with Gasteiger partial charge in [-0.1, -0.05) is 22.6 Å². The molecule has 8 nitrogen and oxygen atoms in total. The van der Waals surface area contributed by atoms with Crippen molar-refractivity contribution in [3.8, 4) is 0 Å². The fourth-order valence-electron chi connectivity index (χ4n) is 2.28. The van der Waals surface area contributed by atoms with E-state index in [1.54, 1.807) is 0 Å². The van der Waals surface area contributed by atoms with Crippen LogP contribution in [0.5, 0.6) is 0 Å². The molecule has 9 heteroatoms. The standard InChI is InChI=1S/C13H20INO7/c1-6(16)15-10-12(21-8(3)18)11(20-7(2)17)9(5-14)22-13(10)19-4/h9-13H,5H2,1-4H3,(H,15,16)/t9-,10+,11-,12-,13+/m1/s1. The predicted octanol–water partition coefficient (Wildman–Crippen LogP) is 0.161. The average molecular weight is 429 g/mol. The maximum absolute atomic E-state index is 11.4. The van der Waals surface area contributed by atoms with Crippen molar-refractivity contribution in [1.82, 2.24) is 5.32 Å². The number of hydrogen-bond donors (Lipinski definition) is 1. The zero-order valence-corrected chi connectivity index (χ0v) is 15.0. The van der Waals surface area contributed by atoms with Gasteiger partial charge in [0.2, 0.25) is 5.91 Å². The van der Waals surface area contributed by atoms with Crippen LogP contribution in [0.15, 0.2) is 0 Å². The van der Waals surface area contributed by atoms with E-state index in [2.05, 4.69) is 27.9 Å². The van der Waals surface area contributed by atoms with Gasteiger partial charge in [-0.15, -0.1) is 0 Å². The summed E-state index contributed by atoms with van der Waals surface area (Å²) in [6.45, 7) is 3.82. The molecule has 1 fully saturated rings. The van der Waals surface area contributed by atoms with Crippen molar-refractivity contribution in [2.24, 2.45) is 0 Å². The van der Waals surface area contributed by atoms with Crippen LogP contribution >= 0.6 is 22.6 Å². The largest absolute Gasteiger partial charge is 0.456 e. The lowest BCUT2D eigenvalue weighted by molar-refractivity contribution is -0.259. The summed E-state index contributed by atoms with van der Waals surface area (Å²) in [7, 11) is 1.42. The highest BCUT2D eigenvalue weighted by Crippen LogP contribution is 2.28. The molecular formula is C13H20INO7. The predicted molar refractivity (Wildman–Crippen MR) is 83.3 cm³/mol. The molecule has 0 radical (unpaired) electrons. The lowest BCUT2D eigenvalue weighted by Crippen LogP contribution is -2.66. The second-order valence-electron chi connectivity index (χ2n) is 4.81. The average Bonchev–Trinajstić information content (AvgIpc) is 2.41. The molecule has 1 N–H and O–H groups in total. The molecular weight excluding hydrogens is 409 g/mol. The quantitative estimate of drug-likeness (QED) is 0.378. The Morgan fingerprint density at radius 1 is 1.09 bits per heavy atom. The second-order valence-corrected chi connectivity index (χ2v) is 5.69. The van der Waals surface area contributed by atoms with E-state index >= 15 is 0 Å². The lowest BCUT2D eigenvalue weighted by atomic mass is 9.96. The van der Waals surface area contributed by atoms with Crippen LogP contribution in [0.1, 0.15) is 20.8 Å². The first-order valence-corrected chi connectivity index (χ1v) is 8.18. The smallest absolute Gasteiger partial charge is 0.303 e. The Morgan fingerprint density at radius 2 is 1.64 bits per heavy atom. The van der Waals surface area contributed by atoms with Gasteiger partial charge in [0.25, 0.3) is 0 Å². The van der Waals surface area contributed by atoms with Crippen LogP contribution in [0.4, 0.5) is 0 Å². The molecule has 0 aromatic rings. The highest BCUT2D eigenvalue weighted by molar-refractivity contribution is 14.1. The molecule has 0 aromatic carbocycles. The number of amides is 1. The molecule has 1 heterocycles. The van der Waals surface area contributed by atoms with Gasteiger partial charge in [0.05, 0.1) is 0 Å². The van der Waals surface area contributed by atoms with Crippen LogP contribution in [0.3, 0.4) is 0 Å². The van der Waals surface area contributed by atoms with Crippen molar-refractivity contribution >= 4 is 40.4 Å². The minimum Gasteiger partial charge on any atom is -0.456 e. The number of alkyl halides is 1. The molecule has 0 saturated carbocycles. The van der Waals surface area contributed by atoms with Crippen LogP contribution < -0.4 is 5.32 Å². The van der Waals surface area contributed by atoms with Crippen LogP contribution in [0, 0.1) is 0 Å². The number of esters is 2. The van der Waals surface area contributed by atoms with Gasteiger partial charge in [-0.25, -0.2) is 0 Å². The van der Waals surface area contributed by atoms with Crippen molar-refractivity contribution in [3.05, 3.63) is 0 Å². The number of hydrogen-bond acceptors (Lipinski definition) is 7. The summed E-state index contributed by atoms with van der Waals surface area (Å²) in [5.41, 5.74) is 0. The minimum absolute atomic E-state index is 0.345. The van der Waals surface area contributed by atoms with Crippen molar-refractivity contribution in [1.29, 1.82) is 0 Å². The number of halogens is 1. The summed E-state index contributed by atoms with van der Waals surface area (Å²) in [6, 6.07) is -0.782. The van der Waals surface area contributed by atoms with Gasteiger partial charge in [0.15, 0.2) is 18.5 Å². The monoisotopic (exact) mass is 429 g/mol. The molecule has 1 amide bonds. The number of nitrogens with one attached hydrogen (secondary N) is 1. The van der Waals surface area contributed by atoms with Gasteiger partial charge in [-0.3, -0.25) is 14.4 Å². The van der Waals surface area contributed by atoms with Crippen LogP contribution in [-0.4, -0.2) is 60.0 Å². The maximum Gasteiger partial charge on any atom is 0.303 e. The molecule has 0 bridgehead atoms. The molecule has 0 spiro atoms. The molecule has 22 heavy (non-hydrogen) atoms. The molecule has 1 saturated heterocycles. The number of methoxy groups -OCH3 is 1. The van der Waals surface area contributed by atoms with Gasteiger partial charge >= 0.3 is 11.9 Å². The summed E-state index contributed by atoms with van der Waals surface area (Å²) >= 11 is 2.07. The van der Waals surface area contributed by atoms with E-state index in [4.69, 9.17) is 18.9 Å². The SMILES string of the molecule is CO[C@H]1O[C@H](CI)[C@@H](OC(C)=O)[C@H](OC(C)=O)[C@@H]1NC(C)=O. The summed E-state index contributed by atoms with van der Waals surface area (Å²) in [4.78, 5) is 34.2. The molecule has 0 aliphatic carbocycles. The zero-order chi connectivity index (χ0) is 16.9. The van der Waals surface area contributed by atoms with E-state index in [1.807, 2.05) is 0 Å². The summed E-state index contributed by atoms with van der Waals surface area (Å²) in [5, 5.41) is 2.63.